The van der Waals surface area contributed by atoms with Crippen LogP contribution in [0.25, 0.3) is 0 Å². The maximum atomic E-state index is 11.9. The van der Waals surface area contributed by atoms with E-state index in [1.54, 1.807) is 6.07 Å². The van der Waals surface area contributed by atoms with E-state index in [4.69, 9.17) is 10.4 Å². The monoisotopic (exact) mass is 216 g/mol. The number of β-amino-alcohol motifs (C(OH)–C–C–N with tert-alkyl or cyclic N) is 1. The van der Waals surface area contributed by atoms with E-state index in [2.05, 4.69) is 6.07 Å². The summed E-state index contributed by atoms with van der Waals surface area (Å²) in [6.45, 7) is 2.00. The second-order valence-corrected chi connectivity index (χ2v) is 3.84. The molecule has 16 heavy (non-hydrogen) atoms. The predicted octanol–water partition coefficient (Wildman–Crippen LogP) is 1.01. The van der Waals surface area contributed by atoms with Crippen LogP contribution in [0.1, 0.15) is 27.5 Å². The van der Waals surface area contributed by atoms with Gasteiger partial charge >= 0.3 is 0 Å². The van der Waals surface area contributed by atoms with Gasteiger partial charge in [-0.05, 0) is 13.0 Å². The quantitative estimate of drug-likeness (QED) is 0.802. The van der Waals surface area contributed by atoms with Crippen LogP contribution in [0, 0.1) is 18.3 Å². The number of carbonyl (C=O) groups excluding carboxylic acids is 1. The van der Waals surface area contributed by atoms with Gasteiger partial charge in [-0.1, -0.05) is 17.7 Å². The first-order chi connectivity index (χ1) is 7.69. The molecule has 1 aromatic rings. The molecule has 0 bridgehead atoms. The molecule has 4 nitrogen and oxygen atoms in total. The fourth-order valence-electron chi connectivity index (χ4n) is 2.02. The Morgan fingerprint density at radius 2 is 2.31 bits per heavy atom. The van der Waals surface area contributed by atoms with Gasteiger partial charge in [-0.2, -0.15) is 5.26 Å². The Labute approximate surface area is 93.7 Å². The van der Waals surface area contributed by atoms with Crippen LogP contribution in [0.2, 0.25) is 0 Å². The lowest BCUT2D eigenvalue weighted by molar-refractivity contribution is 0.0721. The lowest BCUT2D eigenvalue weighted by Crippen LogP contribution is -2.30. The van der Waals surface area contributed by atoms with E-state index in [-0.39, 0.29) is 19.1 Å². The molecule has 0 saturated heterocycles. The number of nitrogens with zero attached hydrogens (tertiary/aromatic N) is 2. The van der Waals surface area contributed by atoms with Crippen LogP contribution < -0.4 is 0 Å². The first kappa shape index (κ1) is 10.7. The normalized spacial score (nSPS) is 18.4. The molecule has 0 saturated carbocycles. The van der Waals surface area contributed by atoms with Crippen molar-refractivity contribution in [1.29, 1.82) is 5.26 Å². The van der Waals surface area contributed by atoms with Gasteiger partial charge in [0.05, 0.1) is 12.7 Å². The molecular weight excluding hydrogens is 204 g/mol. The van der Waals surface area contributed by atoms with Crippen molar-refractivity contribution in [3.8, 4) is 6.07 Å². The number of amides is 1. The number of aliphatic hydroxyl groups is 1. The SMILES string of the molecule is Cc1ccc2c(c1)C(C#N)N(CCO)C2=O. The molecule has 1 aliphatic rings. The number of rotatable bonds is 2. The molecule has 1 heterocycles. The summed E-state index contributed by atoms with van der Waals surface area (Å²) in [6.07, 6.45) is 0. The van der Waals surface area contributed by atoms with Crippen molar-refractivity contribution in [2.75, 3.05) is 13.2 Å². The Morgan fingerprint density at radius 3 is 2.94 bits per heavy atom. The highest BCUT2D eigenvalue weighted by atomic mass is 16.3. The highest BCUT2D eigenvalue weighted by Crippen LogP contribution is 2.33. The third-order valence-electron chi connectivity index (χ3n) is 2.77. The Kier molecular flexibility index (Phi) is 2.63. The molecule has 0 aromatic heterocycles. The first-order valence-electron chi connectivity index (χ1n) is 5.11. The predicted molar refractivity (Wildman–Crippen MR) is 57.7 cm³/mol. The zero-order valence-electron chi connectivity index (χ0n) is 8.97. The van der Waals surface area contributed by atoms with Gasteiger partial charge < -0.3 is 10.0 Å². The van der Waals surface area contributed by atoms with Crippen molar-refractivity contribution < 1.29 is 9.90 Å². The van der Waals surface area contributed by atoms with Crippen LogP contribution in [0.3, 0.4) is 0 Å². The minimum atomic E-state index is -0.561. The molecule has 0 radical (unpaired) electrons. The summed E-state index contributed by atoms with van der Waals surface area (Å²) < 4.78 is 0. The van der Waals surface area contributed by atoms with Gasteiger partial charge in [-0.3, -0.25) is 4.79 Å². The van der Waals surface area contributed by atoms with Crippen molar-refractivity contribution in [2.24, 2.45) is 0 Å². The van der Waals surface area contributed by atoms with Crippen molar-refractivity contribution in [3.63, 3.8) is 0 Å². The first-order valence-corrected chi connectivity index (χ1v) is 5.11. The molecule has 0 spiro atoms. The van der Waals surface area contributed by atoms with Crippen LogP contribution in [-0.4, -0.2) is 29.1 Å². The number of hydrogen-bond acceptors (Lipinski definition) is 3. The fraction of sp³-hybridized carbons (Fsp3) is 0.333. The highest BCUT2D eigenvalue weighted by Gasteiger charge is 2.36. The summed E-state index contributed by atoms with van der Waals surface area (Å²) in [7, 11) is 0. The van der Waals surface area contributed by atoms with Crippen LogP contribution in [0.4, 0.5) is 0 Å². The van der Waals surface area contributed by atoms with Crippen molar-refractivity contribution >= 4 is 5.91 Å². The summed E-state index contributed by atoms with van der Waals surface area (Å²) in [5.41, 5.74) is 2.35. The average molecular weight is 216 g/mol. The number of carbonyl (C=O) groups is 1. The van der Waals surface area contributed by atoms with E-state index >= 15 is 0 Å². The van der Waals surface area contributed by atoms with E-state index in [1.165, 1.54) is 4.90 Å². The highest BCUT2D eigenvalue weighted by molar-refractivity contribution is 5.99. The molecular formula is C12H12N2O2. The number of aliphatic hydroxyl groups excluding tert-OH is 1. The van der Waals surface area contributed by atoms with E-state index in [0.717, 1.165) is 11.1 Å². The van der Waals surface area contributed by atoms with Gasteiger partial charge in [0.15, 0.2) is 0 Å². The summed E-state index contributed by atoms with van der Waals surface area (Å²) in [5.74, 6) is -0.171. The summed E-state index contributed by atoms with van der Waals surface area (Å²) in [5, 5.41) is 18.0. The molecule has 1 amide bonds. The van der Waals surface area contributed by atoms with Gasteiger partial charge in [0.2, 0.25) is 0 Å². The summed E-state index contributed by atoms with van der Waals surface area (Å²) in [6, 6.07) is 7.01. The fourth-order valence-corrected chi connectivity index (χ4v) is 2.02. The molecule has 4 heteroatoms. The van der Waals surface area contributed by atoms with Gasteiger partial charge in [0, 0.05) is 17.7 Å². The Morgan fingerprint density at radius 1 is 1.56 bits per heavy atom. The minimum absolute atomic E-state index is 0.128. The maximum absolute atomic E-state index is 11.9. The second-order valence-electron chi connectivity index (χ2n) is 3.84. The van der Waals surface area contributed by atoms with Gasteiger partial charge in [-0.25, -0.2) is 0 Å². The molecule has 1 unspecified atom stereocenters. The molecule has 0 aliphatic carbocycles. The number of aryl methyl sites for hydroxylation is 1. The lowest BCUT2D eigenvalue weighted by atomic mass is 10.0. The zero-order valence-corrected chi connectivity index (χ0v) is 8.97. The number of fused-ring (bicyclic) bond motifs is 1. The van der Waals surface area contributed by atoms with Gasteiger partial charge in [-0.15, -0.1) is 0 Å². The van der Waals surface area contributed by atoms with Crippen molar-refractivity contribution in [1.82, 2.24) is 4.90 Å². The number of hydrogen-bond donors (Lipinski definition) is 1. The van der Waals surface area contributed by atoms with E-state index in [1.807, 2.05) is 19.1 Å². The standard InChI is InChI=1S/C12H12N2O2/c1-8-2-3-9-10(6-8)11(7-13)14(4-5-15)12(9)16/h2-3,6,11,15H,4-5H2,1H3. The molecule has 2 rings (SSSR count). The number of benzene rings is 1. The van der Waals surface area contributed by atoms with Crippen LogP contribution in [-0.2, 0) is 0 Å². The molecule has 1 N–H and O–H groups in total. The van der Waals surface area contributed by atoms with Gasteiger partial charge in [0.25, 0.3) is 5.91 Å². The minimum Gasteiger partial charge on any atom is -0.395 e. The van der Waals surface area contributed by atoms with Gasteiger partial charge in [0.1, 0.15) is 6.04 Å². The molecule has 1 aromatic carbocycles. The zero-order chi connectivity index (χ0) is 11.7. The molecule has 1 atom stereocenters. The topological polar surface area (TPSA) is 64.3 Å². The third kappa shape index (κ3) is 1.46. The Bertz CT molecular complexity index is 476. The van der Waals surface area contributed by atoms with Crippen molar-refractivity contribution in [3.05, 3.63) is 34.9 Å². The second kappa shape index (κ2) is 3.95. The third-order valence-corrected chi connectivity index (χ3v) is 2.77. The van der Waals surface area contributed by atoms with Crippen molar-refractivity contribution in [2.45, 2.75) is 13.0 Å². The molecule has 82 valence electrons. The summed E-state index contributed by atoms with van der Waals surface area (Å²) in [4.78, 5) is 13.3. The number of nitriles is 1. The smallest absolute Gasteiger partial charge is 0.255 e. The summed E-state index contributed by atoms with van der Waals surface area (Å²) >= 11 is 0. The van der Waals surface area contributed by atoms with Crippen LogP contribution in [0.5, 0.6) is 0 Å². The van der Waals surface area contributed by atoms with E-state index < -0.39 is 6.04 Å². The largest absolute Gasteiger partial charge is 0.395 e. The Hall–Kier alpha value is -1.86. The van der Waals surface area contributed by atoms with E-state index in [9.17, 15) is 4.79 Å². The molecule has 1 aliphatic heterocycles. The lowest BCUT2D eigenvalue weighted by Gasteiger charge is -2.18. The maximum Gasteiger partial charge on any atom is 0.255 e. The average Bonchev–Trinajstić information content (AvgIpc) is 2.52. The van der Waals surface area contributed by atoms with Crippen LogP contribution >= 0.6 is 0 Å². The van der Waals surface area contributed by atoms with Crippen LogP contribution in [0.15, 0.2) is 18.2 Å². The van der Waals surface area contributed by atoms with E-state index in [0.29, 0.717) is 5.56 Å². The molecule has 0 fully saturated rings. The Balaban J connectivity index is 2.49.